The van der Waals surface area contributed by atoms with Crippen LogP contribution in [0, 0.1) is 0 Å². The molecular weight excluding hydrogens is 781 g/mol. The van der Waals surface area contributed by atoms with E-state index in [1.54, 1.807) is 0 Å². The Balaban J connectivity index is 1.07. The molecule has 3 fully saturated rings. The van der Waals surface area contributed by atoms with Crippen molar-refractivity contribution in [1.29, 1.82) is 0 Å². The lowest BCUT2D eigenvalue weighted by atomic mass is 9.94. The fraction of sp³-hybridized carbons (Fsp3) is 0.388. The summed E-state index contributed by atoms with van der Waals surface area (Å²) in [5, 5.41) is 12.3. The molecule has 3 saturated heterocycles. The molecule has 3 aliphatic rings. The lowest BCUT2D eigenvalue weighted by Crippen LogP contribution is -2.63. The number of aliphatic hydroxyl groups excluding tert-OH is 1. The van der Waals surface area contributed by atoms with Crippen LogP contribution in [0.4, 0.5) is 0 Å². The number of aliphatic hydroxyl groups is 1. The maximum absolute atomic E-state index is 12.3. The van der Waals surface area contributed by atoms with E-state index >= 15 is 0 Å². The summed E-state index contributed by atoms with van der Waals surface area (Å²) in [4.78, 5) is 0. The maximum atomic E-state index is 12.3. The van der Waals surface area contributed by atoms with Crippen molar-refractivity contribution in [3.8, 4) is 0 Å². The van der Waals surface area contributed by atoms with Crippen molar-refractivity contribution in [2.75, 3.05) is 5.75 Å². The van der Waals surface area contributed by atoms with Crippen molar-refractivity contribution >= 4 is 11.8 Å². The van der Waals surface area contributed by atoms with Crippen LogP contribution in [-0.2, 0) is 75.7 Å². The summed E-state index contributed by atoms with van der Waals surface area (Å²) >= 11 is 1.43. The first-order valence-corrected chi connectivity index (χ1v) is 21.7. The lowest BCUT2D eigenvalue weighted by Gasteiger charge is -2.47. The molecule has 0 aliphatic carbocycles. The number of benzene rings is 5. The predicted octanol–water partition coefficient (Wildman–Crippen LogP) is 8.20. The van der Waals surface area contributed by atoms with Gasteiger partial charge in [0.05, 0.1) is 39.1 Å². The van der Waals surface area contributed by atoms with Crippen LogP contribution in [0.25, 0.3) is 0 Å². The number of ether oxygens (including phenoxy) is 9. The van der Waals surface area contributed by atoms with Gasteiger partial charge in [-0.05, 0) is 41.7 Å². The Morgan fingerprint density at radius 2 is 0.900 bits per heavy atom. The van der Waals surface area contributed by atoms with E-state index in [2.05, 4.69) is 0 Å². The first-order chi connectivity index (χ1) is 29.4. The minimum absolute atomic E-state index is 0.209. The molecule has 5 aromatic carbocycles. The number of hydrogen-bond donors (Lipinski definition) is 1. The highest BCUT2D eigenvalue weighted by molar-refractivity contribution is 7.99. The van der Waals surface area contributed by atoms with E-state index in [9.17, 15) is 5.11 Å². The number of rotatable bonds is 19. The van der Waals surface area contributed by atoms with Crippen LogP contribution in [0.15, 0.2) is 152 Å². The molecule has 0 radical (unpaired) electrons. The van der Waals surface area contributed by atoms with Gasteiger partial charge in [0.2, 0.25) is 0 Å². The molecule has 11 heteroatoms. The van der Waals surface area contributed by atoms with Crippen molar-refractivity contribution in [2.45, 2.75) is 113 Å². The highest BCUT2D eigenvalue weighted by Crippen LogP contribution is 2.43. The molecule has 0 aromatic heterocycles. The Morgan fingerprint density at radius 3 is 1.37 bits per heavy atom. The minimum atomic E-state index is -1.06. The summed E-state index contributed by atoms with van der Waals surface area (Å²) in [6.07, 6.45) is -6.63. The largest absolute Gasteiger partial charge is 0.389 e. The molecule has 316 valence electrons. The molecule has 0 unspecified atom stereocenters. The molecule has 0 saturated carbocycles. The summed E-state index contributed by atoms with van der Waals surface area (Å²) in [6.45, 7) is 5.18. The molecule has 10 nitrogen and oxygen atoms in total. The van der Waals surface area contributed by atoms with E-state index < -0.39 is 66.5 Å². The smallest absolute Gasteiger partial charge is 0.191 e. The normalized spacial score (nSPS) is 27.7. The van der Waals surface area contributed by atoms with Gasteiger partial charge in [-0.15, -0.1) is 11.8 Å². The molecule has 1 N–H and O–H groups in total. The van der Waals surface area contributed by atoms with Gasteiger partial charge in [-0.2, -0.15) is 0 Å². The fourth-order valence-electron chi connectivity index (χ4n) is 7.70. The van der Waals surface area contributed by atoms with Crippen LogP contribution in [0.3, 0.4) is 0 Å². The first-order valence-electron chi connectivity index (χ1n) is 20.6. The number of thioether (sulfide) groups is 1. The Kier molecular flexibility index (Phi) is 14.8. The van der Waals surface area contributed by atoms with Crippen LogP contribution in [0.1, 0.15) is 41.7 Å². The third-order valence-corrected chi connectivity index (χ3v) is 11.9. The zero-order valence-corrected chi connectivity index (χ0v) is 34.8. The van der Waals surface area contributed by atoms with E-state index in [0.717, 1.165) is 27.8 Å². The number of fused-ring (bicyclic) bond motifs is 1. The van der Waals surface area contributed by atoms with Crippen molar-refractivity contribution < 1.29 is 47.7 Å². The molecule has 3 heterocycles. The average Bonchev–Trinajstić information content (AvgIpc) is 3.76. The van der Waals surface area contributed by atoms with Crippen LogP contribution >= 0.6 is 11.8 Å². The van der Waals surface area contributed by atoms with Crippen molar-refractivity contribution in [3.05, 3.63) is 179 Å². The average molecular weight is 835 g/mol. The van der Waals surface area contributed by atoms with Crippen molar-refractivity contribution in [3.63, 3.8) is 0 Å². The second-order valence-electron chi connectivity index (χ2n) is 15.7. The molecule has 0 amide bonds. The lowest BCUT2D eigenvalue weighted by molar-refractivity contribution is -0.335. The zero-order chi connectivity index (χ0) is 41.2. The zero-order valence-electron chi connectivity index (χ0n) is 34.0. The molecule has 0 spiro atoms. The van der Waals surface area contributed by atoms with Gasteiger partial charge in [-0.25, -0.2) is 0 Å². The van der Waals surface area contributed by atoms with Gasteiger partial charge in [-0.3, -0.25) is 0 Å². The third-order valence-electron chi connectivity index (χ3n) is 10.7. The monoisotopic (exact) mass is 834 g/mol. The minimum Gasteiger partial charge on any atom is -0.389 e. The number of hydrogen-bond acceptors (Lipinski definition) is 11. The highest BCUT2D eigenvalue weighted by atomic mass is 32.2. The molecule has 60 heavy (non-hydrogen) atoms. The summed E-state index contributed by atoms with van der Waals surface area (Å²) in [5.74, 6) is -0.609. The summed E-state index contributed by atoms with van der Waals surface area (Å²) in [6, 6.07) is 49.8. The van der Waals surface area contributed by atoms with Gasteiger partial charge in [0.1, 0.15) is 42.1 Å². The van der Waals surface area contributed by atoms with Gasteiger partial charge >= 0.3 is 0 Å². The van der Waals surface area contributed by atoms with Crippen LogP contribution in [-0.4, -0.2) is 77.4 Å². The second kappa shape index (κ2) is 20.7. The molecule has 0 bridgehead atoms. The molecule has 10 atom stereocenters. The Morgan fingerprint density at radius 1 is 0.500 bits per heavy atom. The van der Waals surface area contributed by atoms with E-state index in [4.69, 9.17) is 42.6 Å². The molecule has 5 aromatic rings. The molecule has 8 rings (SSSR count). The van der Waals surface area contributed by atoms with Crippen LogP contribution in [0.2, 0.25) is 0 Å². The van der Waals surface area contributed by atoms with Gasteiger partial charge in [0.15, 0.2) is 18.4 Å². The maximum Gasteiger partial charge on any atom is 0.191 e. The quantitative estimate of drug-likeness (QED) is 0.0872. The van der Waals surface area contributed by atoms with E-state index in [1.165, 1.54) is 11.8 Å². The summed E-state index contributed by atoms with van der Waals surface area (Å²) in [5.41, 5.74) is 4.45. The van der Waals surface area contributed by atoms with E-state index in [1.807, 2.05) is 166 Å². The van der Waals surface area contributed by atoms with Gasteiger partial charge < -0.3 is 47.7 Å². The van der Waals surface area contributed by atoms with Gasteiger partial charge in [0.25, 0.3) is 0 Å². The van der Waals surface area contributed by atoms with Crippen LogP contribution < -0.4 is 0 Å². The van der Waals surface area contributed by atoms with Crippen molar-refractivity contribution in [2.24, 2.45) is 0 Å². The Hall–Kier alpha value is -3.95. The topological polar surface area (TPSA) is 103 Å². The molecule has 3 aliphatic heterocycles. The standard InChI is InChI=1S/C49H54O10S/c1-49(2)58-44-45(54-31-37-24-14-6-15-25-37)48(57-47(44)59-49)60-33-39(50)40-41(51-28-34-18-8-3-9-19-34)42(52-29-35-20-10-4-11-21-35)43(53-30-36-22-12-5-13-23-36)46(56-40)55-32-38-26-16-7-17-27-38/h3-27,39-48,50H,28-33H2,1-2H3/t39-,40-,41+,42+,43-,44-,45-,46-,47+,48+/m1/s1. The summed E-state index contributed by atoms with van der Waals surface area (Å²) in [7, 11) is 0. The molecular formula is C49H54O10S. The summed E-state index contributed by atoms with van der Waals surface area (Å²) < 4.78 is 59.3. The van der Waals surface area contributed by atoms with E-state index in [0.29, 0.717) is 6.61 Å². The van der Waals surface area contributed by atoms with Gasteiger partial charge in [-0.1, -0.05) is 152 Å². The highest BCUT2D eigenvalue weighted by Gasteiger charge is 2.56. The van der Waals surface area contributed by atoms with Crippen LogP contribution in [0.5, 0.6) is 0 Å². The third kappa shape index (κ3) is 11.3. The predicted molar refractivity (Wildman–Crippen MR) is 227 cm³/mol. The fourth-order valence-corrected chi connectivity index (χ4v) is 8.89. The SMILES string of the molecule is CC1(C)O[C@@H]2O[C@@H](SC[C@@H](O)[C@H]3O[C@@H](OCc4ccccc4)[C@H](OCc4ccccc4)[C@@H](OCc4ccccc4)[C@H]3OCc3ccccc3)[C@H](OCc3ccccc3)[C@H]2O1. The van der Waals surface area contributed by atoms with E-state index in [-0.39, 0.29) is 32.2 Å². The van der Waals surface area contributed by atoms with Crippen molar-refractivity contribution in [1.82, 2.24) is 0 Å². The second-order valence-corrected chi connectivity index (χ2v) is 16.8. The Bertz CT molecular complexity index is 1990. The first kappa shape index (κ1) is 42.7. The van der Waals surface area contributed by atoms with Gasteiger partial charge in [0, 0.05) is 5.75 Å². The Labute approximate surface area is 357 Å².